The van der Waals surface area contributed by atoms with E-state index in [1.807, 2.05) is 0 Å². The molecule has 5 nitrogen and oxygen atoms in total. The summed E-state index contributed by atoms with van der Waals surface area (Å²) in [5.74, 6) is -1.16. The van der Waals surface area contributed by atoms with Gasteiger partial charge in [0.15, 0.2) is 0 Å². The molecule has 1 aromatic heterocycles. The van der Waals surface area contributed by atoms with Gasteiger partial charge < -0.3 is 5.11 Å². The number of benzene rings is 1. The maximum absolute atomic E-state index is 12.1. The Morgan fingerprint density at radius 3 is 2.55 bits per heavy atom. The van der Waals surface area contributed by atoms with E-state index in [0.717, 1.165) is 11.3 Å². The van der Waals surface area contributed by atoms with E-state index in [4.69, 9.17) is 16.7 Å². The minimum absolute atomic E-state index is 0.0330. The van der Waals surface area contributed by atoms with Gasteiger partial charge in [0.05, 0.1) is 9.90 Å². The Morgan fingerprint density at radius 1 is 1.30 bits per heavy atom. The number of carbonyl (C=O) groups is 1. The molecule has 0 aliphatic rings. The minimum Gasteiger partial charge on any atom is -0.478 e. The van der Waals surface area contributed by atoms with Crippen LogP contribution in [0.3, 0.4) is 0 Å². The van der Waals surface area contributed by atoms with Crippen LogP contribution in [0.4, 0.5) is 5.69 Å². The average molecular weight is 397 g/mol. The minimum atomic E-state index is -3.77. The molecule has 1 aromatic carbocycles. The van der Waals surface area contributed by atoms with Crippen LogP contribution in [0.5, 0.6) is 0 Å². The lowest BCUT2D eigenvalue weighted by Crippen LogP contribution is -2.12. The van der Waals surface area contributed by atoms with Crippen molar-refractivity contribution in [2.24, 2.45) is 0 Å². The molecule has 2 rings (SSSR count). The van der Waals surface area contributed by atoms with E-state index in [2.05, 4.69) is 20.7 Å². The Balaban J connectivity index is 2.35. The van der Waals surface area contributed by atoms with Crippen LogP contribution in [-0.2, 0) is 10.0 Å². The summed E-state index contributed by atoms with van der Waals surface area (Å²) in [5, 5.41) is 8.99. The number of nitrogens with one attached hydrogen (secondary N) is 1. The topological polar surface area (TPSA) is 83.5 Å². The molecule has 0 bridgehead atoms. The summed E-state index contributed by atoms with van der Waals surface area (Å²) in [7, 11) is -3.77. The van der Waals surface area contributed by atoms with E-state index in [1.165, 1.54) is 30.3 Å². The van der Waals surface area contributed by atoms with Crippen molar-refractivity contribution in [3.05, 3.63) is 44.7 Å². The lowest BCUT2D eigenvalue weighted by atomic mass is 10.2. The van der Waals surface area contributed by atoms with Crippen molar-refractivity contribution >= 4 is 60.5 Å². The van der Waals surface area contributed by atoms with Gasteiger partial charge in [-0.05, 0) is 46.3 Å². The lowest BCUT2D eigenvalue weighted by molar-refractivity contribution is 0.0696. The Hall–Kier alpha value is -1.09. The van der Waals surface area contributed by atoms with Crippen LogP contribution in [0.2, 0.25) is 4.34 Å². The molecule has 0 saturated carbocycles. The molecule has 0 fully saturated rings. The Bertz CT molecular complexity index is 772. The highest BCUT2D eigenvalue weighted by atomic mass is 79.9. The second-order valence-electron chi connectivity index (χ2n) is 3.66. The summed E-state index contributed by atoms with van der Waals surface area (Å²) in [6.45, 7) is 0. The number of anilines is 1. The zero-order valence-corrected chi connectivity index (χ0v) is 13.6. The molecule has 1 heterocycles. The zero-order valence-electron chi connectivity index (χ0n) is 9.63. The van der Waals surface area contributed by atoms with Gasteiger partial charge in [-0.15, -0.1) is 11.3 Å². The van der Waals surface area contributed by atoms with Crippen LogP contribution >= 0.6 is 38.9 Å². The molecule has 2 N–H and O–H groups in total. The van der Waals surface area contributed by atoms with Crippen molar-refractivity contribution in [2.45, 2.75) is 4.21 Å². The Kier molecular flexibility index (Phi) is 4.38. The van der Waals surface area contributed by atoms with E-state index in [1.54, 1.807) is 0 Å². The first-order chi connectivity index (χ1) is 9.29. The Labute approximate surface area is 132 Å². The molecule has 20 heavy (non-hydrogen) atoms. The second kappa shape index (κ2) is 5.72. The number of carboxylic acids is 1. The summed E-state index contributed by atoms with van der Waals surface area (Å²) in [6, 6.07) is 7.02. The van der Waals surface area contributed by atoms with Crippen LogP contribution < -0.4 is 4.72 Å². The molecule has 9 heteroatoms. The highest BCUT2D eigenvalue weighted by Crippen LogP contribution is 2.28. The molecule has 0 amide bonds. The van der Waals surface area contributed by atoms with Crippen molar-refractivity contribution in [3.8, 4) is 0 Å². The number of sulfonamides is 1. The maximum Gasteiger partial charge on any atom is 0.336 e. The van der Waals surface area contributed by atoms with E-state index in [9.17, 15) is 13.2 Å². The highest BCUT2D eigenvalue weighted by Gasteiger charge is 2.18. The van der Waals surface area contributed by atoms with E-state index >= 15 is 0 Å². The predicted octanol–water partition coefficient (Wildman–Crippen LogP) is 3.66. The summed E-state index contributed by atoms with van der Waals surface area (Å²) in [5.41, 5.74) is 0.129. The summed E-state index contributed by atoms with van der Waals surface area (Å²) in [6.07, 6.45) is 0. The third kappa shape index (κ3) is 3.32. The van der Waals surface area contributed by atoms with Crippen LogP contribution in [0.25, 0.3) is 0 Å². The number of thiophene rings is 1. The van der Waals surface area contributed by atoms with Crippen molar-refractivity contribution in [3.63, 3.8) is 0 Å². The molecule has 0 unspecified atom stereocenters. The predicted molar refractivity (Wildman–Crippen MR) is 81.2 cm³/mol. The van der Waals surface area contributed by atoms with E-state index in [-0.39, 0.29) is 15.5 Å². The normalized spacial score (nSPS) is 11.3. The van der Waals surface area contributed by atoms with Crippen molar-refractivity contribution < 1.29 is 18.3 Å². The molecule has 0 radical (unpaired) electrons. The van der Waals surface area contributed by atoms with Crippen LogP contribution in [-0.4, -0.2) is 19.5 Å². The number of aromatic carboxylic acids is 1. The van der Waals surface area contributed by atoms with Crippen molar-refractivity contribution in [2.75, 3.05) is 4.72 Å². The number of hydrogen-bond acceptors (Lipinski definition) is 4. The molecular weight excluding hydrogens is 390 g/mol. The molecule has 0 saturated heterocycles. The molecular formula is C11H7BrClNO4S2. The SMILES string of the molecule is O=C(O)c1cc(NS(=O)(=O)c2ccc(Cl)s2)ccc1Br. The molecule has 106 valence electrons. The van der Waals surface area contributed by atoms with Gasteiger partial charge in [0.25, 0.3) is 10.0 Å². The molecule has 0 atom stereocenters. The first-order valence-corrected chi connectivity index (χ1v) is 8.57. The monoisotopic (exact) mass is 395 g/mol. The fraction of sp³-hybridized carbons (Fsp3) is 0. The van der Waals surface area contributed by atoms with Gasteiger partial charge >= 0.3 is 5.97 Å². The summed E-state index contributed by atoms with van der Waals surface area (Å²) >= 11 is 9.70. The largest absolute Gasteiger partial charge is 0.478 e. The van der Waals surface area contributed by atoms with Gasteiger partial charge in [0.2, 0.25) is 0 Å². The van der Waals surface area contributed by atoms with Gasteiger partial charge in [-0.2, -0.15) is 0 Å². The number of hydrogen-bond donors (Lipinski definition) is 2. The van der Waals surface area contributed by atoms with Gasteiger partial charge in [-0.3, -0.25) is 4.72 Å². The van der Waals surface area contributed by atoms with Crippen molar-refractivity contribution in [1.82, 2.24) is 0 Å². The molecule has 0 aliphatic carbocycles. The van der Waals surface area contributed by atoms with Gasteiger partial charge in [-0.25, -0.2) is 13.2 Å². The first kappa shape index (κ1) is 15.3. The van der Waals surface area contributed by atoms with Crippen LogP contribution in [0.1, 0.15) is 10.4 Å². The maximum atomic E-state index is 12.1. The van der Waals surface area contributed by atoms with Crippen LogP contribution in [0, 0.1) is 0 Å². The van der Waals surface area contributed by atoms with Crippen LogP contribution in [0.15, 0.2) is 39.0 Å². The summed E-state index contributed by atoms with van der Waals surface area (Å²) < 4.78 is 27.2. The second-order valence-corrected chi connectivity index (χ2v) is 8.14. The van der Waals surface area contributed by atoms with Gasteiger partial charge in [0.1, 0.15) is 4.21 Å². The van der Waals surface area contributed by atoms with Crippen molar-refractivity contribution in [1.29, 1.82) is 0 Å². The highest BCUT2D eigenvalue weighted by molar-refractivity contribution is 9.10. The Morgan fingerprint density at radius 2 is 2.00 bits per heavy atom. The molecule has 0 spiro atoms. The fourth-order valence-electron chi connectivity index (χ4n) is 1.40. The molecule has 2 aromatic rings. The zero-order chi connectivity index (χ0) is 14.9. The first-order valence-electron chi connectivity index (χ1n) is 5.10. The third-order valence-corrected chi connectivity index (χ3v) is 6.06. The smallest absolute Gasteiger partial charge is 0.336 e. The number of rotatable bonds is 4. The quantitative estimate of drug-likeness (QED) is 0.826. The third-order valence-electron chi connectivity index (χ3n) is 2.26. The molecule has 0 aliphatic heterocycles. The fourth-order valence-corrected chi connectivity index (χ4v) is 4.35. The summed E-state index contributed by atoms with van der Waals surface area (Å²) in [4.78, 5) is 11.0. The van der Waals surface area contributed by atoms with E-state index in [0.29, 0.717) is 8.81 Å². The van der Waals surface area contributed by atoms with E-state index < -0.39 is 16.0 Å². The number of halogens is 2. The van der Waals surface area contributed by atoms with Gasteiger partial charge in [0, 0.05) is 10.2 Å². The standard InChI is InChI=1S/C11H7BrClNO4S2/c12-8-2-1-6(5-7(8)11(15)16)14-20(17,18)10-4-3-9(13)19-10/h1-5,14H,(H,15,16). The average Bonchev–Trinajstić information content (AvgIpc) is 2.78. The lowest BCUT2D eigenvalue weighted by Gasteiger charge is -2.08. The number of carboxylic acid groups (broad SMARTS) is 1. The van der Waals surface area contributed by atoms with Gasteiger partial charge in [-0.1, -0.05) is 11.6 Å².